The monoisotopic (exact) mass is 367 g/mol. The largest absolute Gasteiger partial charge is 0.360 e. The van der Waals surface area contributed by atoms with E-state index in [-0.39, 0.29) is 11.0 Å². The van der Waals surface area contributed by atoms with Crippen molar-refractivity contribution in [3.8, 4) is 0 Å². The van der Waals surface area contributed by atoms with Crippen molar-refractivity contribution in [1.82, 2.24) is 10.4 Å². The first-order valence-electron chi connectivity index (χ1n) is 8.83. The Bertz CT molecular complexity index is 1170. The average molecular weight is 367 g/mol. The van der Waals surface area contributed by atoms with Crippen LogP contribution in [0.2, 0.25) is 0 Å². The molecule has 0 saturated carbocycles. The molecule has 1 amide bonds. The molecule has 0 aliphatic rings. The van der Waals surface area contributed by atoms with E-state index in [1.165, 1.54) is 6.20 Å². The molecule has 1 aromatic heterocycles. The molecular formula is C23H17N3O2. The summed E-state index contributed by atoms with van der Waals surface area (Å²) in [5.74, 6) is -0.559. The average Bonchev–Trinajstić information content (AvgIpc) is 2.76. The second-order valence-corrected chi connectivity index (χ2v) is 6.21. The fourth-order valence-corrected chi connectivity index (χ4v) is 2.99. The quantitative estimate of drug-likeness (QED) is 0.426. The number of pyridine rings is 1. The van der Waals surface area contributed by atoms with Gasteiger partial charge in [0, 0.05) is 28.2 Å². The minimum absolute atomic E-state index is 0.0166. The van der Waals surface area contributed by atoms with Crippen molar-refractivity contribution in [2.45, 2.75) is 0 Å². The number of amides is 1. The van der Waals surface area contributed by atoms with E-state index >= 15 is 0 Å². The first kappa shape index (κ1) is 17.4. The van der Waals surface area contributed by atoms with Crippen LogP contribution >= 0.6 is 0 Å². The van der Waals surface area contributed by atoms with Crippen LogP contribution in [0.5, 0.6) is 0 Å². The molecule has 0 aliphatic heterocycles. The fraction of sp³-hybridized carbons (Fsp3) is 0. The van der Waals surface area contributed by atoms with E-state index in [1.54, 1.807) is 18.2 Å². The molecule has 0 aliphatic carbocycles. The summed E-state index contributed by atoms with van der Waals surface area (Å²) in [6.45, 7) is 0. The van der Waals surface area contributed by atoms with Gasteiger partial charge in [0.1, 0.15) is 5.56 Å². The highest BCUT2D eigenvalue weighted by molar-refractivity contribution is 6.13. The maximum atomic E-state index is 12.6. The number of nitrogens with zero attached hydrogens (tertiary/aromatic N) is 1. The van der Waals surface area contributed by atoms with E-state index in [9.17, 15) is 9.59 Å². The third-order valence-electron chi connectivity index (χ3n) is 4.40. The van der Waals surface area contributed by atoms with Gasteiger partial charge in [-0.15, -0.1) is 0 Å². The normalized spacial score (nSPS) is 10.4. The molecule has 0 saturated heterocycles. The number of carbonyl (C=O) groups is 1. The van der Waals surface area contributed by atoms with Crippen LogP contribution in [-0.4, -0.2) is 16.6 Å². The molecule has 5 nitrogen and oxygen atoms in total. The molecule has 4 rings (SSSR count). The molecule has 3 aromatic carbocycles. The van der Waals surface area contributed by atoms with Gasteiger partial charge in [0.25, 0.3) is 5.91 Å². The summed E-state index contributed by atoms with van der Waals surface area (Å²) in [4.78, 5) is 28.2. The number of rotatable bonds is 4. The first-order valence-corrected chi connectivity index (χ1v) is 8.83. The Kier molecular flexibility index (Phi) is 4.80. The standard InChI is InChI=1S/C23H17N3O2/c27-22-18-13-7-8-14-20(18)24-15-19(22)23(28)26-25-21(16-9-3-1-4-10-16)17-11-5-2-6-12-17/h1-15H,(H,24,27)(H,26,28). The zero-order valence-corrected chi connectivity index (χ0v) is 14.9. The highest BCUT2D eigenvalue weighted by Crippen LogP contribution is 2.11. The van der Waals surface area contributed by atoms with Gasteiger partial charge in [0.2, 0.25) is 5.43 Å². The number of aromatic nitrogens is 1. The summed E-state index contributed by atoms with van der Waals surface area (Å²) < 4.78 is 0. The summed E-state index contributed by atoms with van der Waals surface area (Å²) in [6.07, 6.45) is 1.42. The van der Waals surface area contributed by atoms with Gasteiger partial charge in [-0.25, -0.2) is 5.43 Å². The number of aromatic amines is 1. The lowest BCUT2D eigenvalue weighted by molar-refractivity contribution is 0.0953. The zero-order chi connectivity index (χ0) is 19.3. The lowest BCUT2D eigenvalue weighted by atomic mass is 10.0. The summed E-state index contributed by atoms with van der Waals surface area (Å²) in [5, 5.41) is 4.79. The molecule has 0 bridgehead atoms. The van der Waals surface area contributed by atoms with Crippen LogP contribution in [-0.2, 0) is 0 Å². The van der Waals surface area contributed by atoms with Crippen molar-refractivity contribution in [3.63, 3.8) is 0 Å². The topological polar surface area (TPSA) is 74.3 Å². The van der Waals surface area contributed by atoms with Crippen LogP contribution < -0.4 is 10.9 Å². The lowest BCUT2D eigenvalue weighted by Crippen LogP contribution is -2.26. The van der Waals surface area contributed by atoms with E-state index < -0.39 is 5.91 Å². The Balaban J connectivity index is 1.70. The van der Waals surface area contributed by atoms with E-state index in [4.69, 9.17) is 0 Å². The summed E-state index contributed by atoms with van der Waals surface area (Å²) in [7, 11) is 0. The van der Waals surface area contributed by atoms with E-state index in [0.717, 1.165) is 11.1 Å². The van der Waals surface area contributed by atoms with Crippen molar-refractivity contribution in [2.24, 2.45) is 5.10 Å². The lowest BCUT2D eigenvalue weighted by Gasteiger charge is -2.08. The number of H-pyrrole nitrogens is 1. The predicted molar refractivity (Wildman–Crippen MR) is 111 cm³/mol. The first-order chi connectivity index (χ1) is 13.7. The van der Waals surface area contributed by atoms with Crippen molar-refractivity contribution >= 4 is 22.5 Å². The molecule has 0 spiro atoms. The maximum absolute atomic E-state index is 12.6. The van der Waals surface area contributed by atoms with Crippen LogP contribution in [0, 0.1) is 0 Å². The van der Waals surface area contributed by atoms with E-state index in [0.29, 0.717) is 16.6 Å². The van der Waals surface area contributed by atoms with Crippen LogP contribution in [0.1, 0.15) is 21.5 Å². The second-order valence-electron chi connectivity index (χ2n) is 6.21. The Morgan fingerprint density at radius 1 is 0.786 bits per heavy atom. The molecule has 2 N–H and O–H groups in total. The Labute approximate surface area is 161 Å². The number of fused-ring (bicyclic) bond motifs is 1. The molecule has 0 atom stereocenters. The Hall–Kier alpha value is -3.99. The van der Waals surface area contributed by atoms with Gasteiger partial charge in [-0.3, -0.25) is 9.59 Å². The molecular weight excluding hydrogens is 350 g/mol. The molecule has 1 heterocycles. The number of para-hydroxylation sites is 1. The summed E-state index contributed by atoms with van der Waals surface area (Å²) in [5.41, 5.74) is 5.24. The number of carbonyl (C=O) groups excluding carboxylic acids is 1. The van der Waals surface area contributed by atoms with Crippen LogP contribution in [0.25, 0.3) is 10.9 Å². The minimum atomic E-state index is -0.559. The van der Waals surface area contributed by atoms with Gasteiger partial charge in [0.15, 0.2) is 0 Å². The molecule has 0 radical (unpaired) electrons. The maximum Gasteiger partial charge on any atom is 0.276 e. The third-order valence-corrected chi connectivity index (χ3v) is 4.40. The smallest absolute Gasteiger partial charge is 0.276 e. The SMILES string of the molecule is O=C(NN=C(c1ccccc1)c1ccccc1)c1c[nH]c2ccccc2c1=O. The molecule has 0 fully saturated rings. The van der Waals surface area contributed by atoms with Crippen LogP contribution in [0.4, 0.5) is 0 Å². The highest BCUT2D eigenvalue weighted by Gasteiger charge is 2.13. The number of hydrazone groups is 1. The minimum Gasteiger partial charge on any atom is -0.360 e. The Morgan fingerprint density at radius 3 is 2.00 bits per heavy atom. The summed E-state index contributed by atoms with van der Waals surface area (Å²) >= 11 is 0. The highest BCUT2D eigenvalue weighted by atomic mass is 16.2. The number of nitrogens with one attached hydrogen (secondary N) is 2. The van der Waals surface area contributed by atoms with Crippen molar-refractivity contribution in [3.05, 3.63) is 118 Å². The number of benzene rings is 3. The molecule has 4 aromatic rings. The van der Waals surface area contributed by atoms with E-state index in [1.807, 2.05) is 66.7 Å². The third kappa shape index (κ3) is 3.46. The molecule has 28 heavy (non-hydrogen) atoms. The van der Waals surface area contributed by atoms with Gasteiger partial charge in [0.05, 0.1) is 5.71 Å². The van der Waals surface area contributed by atoms with Crippen molar-refractivity contribution < 1.29 is 4.79 Å². The molecule has 0 unspecified atom stereocenters. The summed E-state index contributed by atoms with van der Waals surface area (Å²) in [6, 6.07) is 26.2. The van der Waals surface area contributed by atoms with E-state index in [2.05, 4.69) is 15.5 Å². The number of hydrogen-bond donors (Lipinski definition) is 2. The zero-order valence-electron chi connectivity index (χ0n) is 14.9. The second kappa shape index (κ2) is 7.72. The van der Waals surface area contributed by atoms with Gasteiger partial charge in [-0.05, 0) is 12.1 Å². The molecule has 136 valence electrons. The fourth-order valence-electron chi connectivity index (χ4n) is 2.99. The predicted octanol–water partition coefficient (Wildman–Crippen LogP) is 3.71. The van der Waals surface area contributed by atoms with Gasteiger partial charge < -0.3 is 4.98 Å². The van der Waals surface area contributed by atoms with Gasteiger partial charge >= 0.3 is 0 Å². The van der Waals surface area contributed by atoms with Crippen molar-refractivity contribution in [2.75, 3.05) is 0 Å². The van der Waals surface area contributed by atoms with Gasteiger partial charge in [-0.1, -0.05) is 72.8 Å². The van der Waals surface area contributed by atoms with Crippen LogP contribution in [0.15, 0.2) is 101 Å². The van der Waals surface area contributed by atoms with Gasteiger partial charge in [-0.2, -0.15) is 5.10 Å². The van der Waals surface area contributed by atoms with Crippen LogP contribution in [0.3, 0.4) is 0 Å². The molecule has 5 heteroatoms. The Morgan fingerprint density at radius 2 is 1.36 bits per heavy atom. The van der Waals surface area contributed by atoms with Crippen molar-refractivity contribution in [1.29, 1.82) is 0 Å². The number of hydrogen-bond acceptors (Lipinski definition) is 3.